The van der Waals surface area contributed by atoms with Gasteiger partial charge in [0.05, 0.1) is 30.8 Å². The molecule has 152 valence electrons. The van der Waals surface area contributed by atoms with Gasteiger partial charge in [0.25, 0.3) is 0 Å². The van der Waals surface area contributed by atoms with Crippen LogP contribution in [0.3, 0.4) is 0 Å². The standard InChI is InChI=1S/C21H31N5O2/c1-15-10-18-19(11-16(15)2)24-20(23-18)12-22-21(27)26-5-3-4-17(14-26)13-25-6-8-28-9-7-25/h10-11,17H,3-9,12-14H2,1-2H3,(H,22,27)(H,23,24)/t17-/m0/s1. The summed E-state index contributed by atoms with van der Waals surface area (Å²) in [5, 5.41) is 3.04. The minimum absolute atomic E-state index is 0.0134. The number of aryl methyl sites for hydroxylation is 2. The Morgan fingerprint density at radius 2 is 2.04 bits per heavy atom. The number of aromatic nitrogens is 2. The third kappa shape index (κ3) is 4.47. The van der Waals surface area contributed by atoms with Crippen LogP contribution in [0.15, 0.2) is 12.1 Å². The Morgan fingerprint density at radius 3 is 2.86 bits per heavy atom. The number of urea groups is 1. The van der Waals surface area contributed by atoms with E-state index in [0.29, 0.717) is 12.5 Å². The van der Waals surface area contributed by atoms with Gasteiger partial charge in [-0.05, 0) is 55.9 Å². The molecule has 28 heavy (non-hydrogen) atoms. The van der Waals surface area contributed by atoms with Crippen molar-refractivity contribution in [2.24, 2.45) is 5.92 Å². The molecule has 0 aliphatic carbocycles. The molecule has 0 unspecified atom stereocenters. The molecule has 0 saturated carbocycles. The third-order valence-electron chi connectivity index (χ3n) is 5.98. The van der Waals surface area contributed by atoms with Gasteiger partial charge in [-0.1, -0.05) is 0 Å². The van der Waals surface area contributed by atoms with Crippen molar-refractivity contribution in [2.75, 3.05) is 45.9 Å². The van der Waals surface area contributed by atoms with Gasteiger partial charge in [0.1, 0.15) is 5.82 Å². The number of carbonyl (C=O) groups is 1. The van der Waals surface area contributed by atoms with Crippen LogP contribution in [0.25, 0.3) is 11.0 Å². The number of fused-ring (bicyclic) bond motifs is 1. The number of ether oxygens (including phenoxy) is 1. The van der Waals surface area contributed by atoms with Crippen LogP contribution in [0.1, 0.15) is 29.8 Å². The Kier molecular flexibility index (Phi) is 5.82. The first-order chi connectivity index (χ1) is 13.6. The second kappa shape index (κ2) is 8.49. The van der Waals surface area contributed by atoms with Crippen molar-refractivity contribution in [1.29, 1.82) is 0 Å². The molecule has 2 saturated heterocycles. The van der Waals surface area contributed by atoms with Crippen molar-refractivity contribution in [1.82, 2.24) is 25.1 Å². The molecule has 2 aliphatic rings. The first-order valence-electron chi connectivity index (χ1n) is 10.4. The fraction of sp³-hybridized carbons (Fsp3) is 0.619. The number of amides is 2. The molecular weight excluding hydrogens is 354 g/mol. The summed E-state index contributed by atoms with van der Waals surface area (Å²) in [4.78, 5) is 25.0. The molecule has 7 nitrogen and oxygen atoms in total. The van der Waals surface area contributed by atoms with Gasteiger partial charge >= 0.3 is 6.03 Å². The van der Waals surface area contributed by atoms with E-state index >= 15 is 0 Å². The van der Waals surface area contributed by atoms with Gasteiger partial charge in [0, 0.05) is 32.7 Å². The second-order valence-corrected chi connectivity index (χ2v) is 8.16. The van der Waals surface area contributed by atoms with E-state index < -0.39 is 0 Å². The maximum absolute atomic E-state index is 12.7. The number of nitrogens with zero attached hydrogens (tertiary/aromatic N) is 3. The summed E-state index contributed by atoms with van der Waals surface area (Å²) < 4.78 is 5.43. The predicted molar refractivity (Wildman–Crippen MR) is 109 cm³/mol. The fourth-order valence-corrected chi connectivity index (χ4v) is 4.22. The molecule has 1 aromatic carbocycles. The maximum atomic E-state index is 12.7. The van der Waals surface area contributed by atoms with Gasteiger partial charge in [-0.3, -0.25) is 4.90 Å². The van der Waals surface area contributed by atoms with Crippen molar-refractivity contribution in [3.05, 3.63) is 29.1 Å². The lowest BCUT2D eigenvalue weighted by Gasteiger charge is -2.36. The molecule has 4 rings (SSSR count). The summed E-state index contributed by atoms with van der Waals surface area (Å²) in [6.45, 7) is 11.0. The highest BCUT2D eigenvalue weighted by Crippen LogP contribution is 2.19. The van der Waals surface area contributed by atoms with E-state index in [9.17, 15) is 4.79 Å². The highest BCUT2D eigenvalue weighted by Gasteiger charge is 2.25. The average molecular weight is 386 g/mol. The summed E-state index contributed by atoms with van der Waals surface area (Å²) in [6, 6.07) is 4.22. The highest BCUT2D eigenvalue weighted by molar-refractivity contribution is 5.77. The van der Waals surface area contributed by atoms with Gasteiger partial charge in [-0.25, -0.2) is 9.78 Å². The largest absolute Gasteiger partial charge is 0.379 e. The van der Waals surface area contributed by atoms with E-state index in [0.717, 1.165) is 69.2 Å². The highest BCUT2D eigenvalue weighted by atomic mass is 16.5. The minimum atomic E-state index is 0.0134. The molecule has 1 aromatic heterocycles. The number of hydrogen-bond donors (Lipinski definition) is 2. The Bertz CT molecular complexity index is 789. The van der Waals surface area contributed by atoms with E-state index in [-0.39, 0.29) is 6.03 Å². The molecular formula is C21H31N5O2. The van der Waals surface area contributed by atoms with E-state index in [4.69, 9.17) is 4.74 Å². The van der Waals surface area contributed by atoms with Crippen LogP contribution in [0.2, 0.25) is 0 Å². The molecule has 0 radical (unpaired) electrons. The summed E-state index contributed by atoms with van der Waals surface area (Å²) in [7, 11) is 0. The van der Waals surface area contributed by atoms with Gasteiger partial charge in [-0.2, -0.15) is 0 Å². The molecule has 0 bridgehead atoms. The Hall–Kier alpha value is -2.12. The van der Waals surface area contributed by atoms with Crippen molar-refractivity contribution in [3.8, 4) is 0 Å². The Balaban J connectivity index is 1.30. The van der Waals surface area contributed by atoms with E-state index in [2.05, 4.69) is 46.2 Å². The number of imidazole rings is 1. The molecule has 7 heteroatoms. The predicted octanol–water partition coefficient (Wildman–Crippen LogP) is 2.43. The number of hydrogen-bond acceptors (Lipinski definition) is 4. The van der Waals surface area contributed by atoms with E-state index in [1.54, 1.807) is 0 Å². The van der Waals surface area contributed by atoms with E-state index in [1.165, 1.54) is 17.5 Å². The quantitative estimate of drug-likeness (QED) is 0.848. The Labute approximate surface area is 166 Å². The molecule has 2 N–H and O–H groups in total. The SMILES string of the molecule is Cc1cc2nc(CNC(=O)N3CCC[C@@H](CN4CCOCC4)C3)[nH]c2cc1C. The summed E-state index contributed by atoms with van der Waals surface area (Å²) in [5.74, 6) is 1.35. The van der Waals surface area contributed by atoms with Crippen LogP contribution in [-0.2, 0) is 11.3 Å². The number of likely N-dealkylation sites (tertiary alicyclic amines) is 1. The number of benzene rings is 1. The normalized spacial score (nSPS) is 21.2. The molecule has 1 atom stereocenters. The number of aromatic amines is 1. The molecule has 2 aromatic rings. The Morgan fingerprint density at radius 1 is 1.25 bits per heavy atom. The van der Waals surface area contributed by atoms with Crippen LogP contribution in [0.5, 0.6) is 0 Å². The van der Waals surface area contributed by atoms with Crippen LogP contribution in [-0.4, -0.2) is 71.7 Å². The lowest BCUT2D eigenvalue weighted by Crippen LogP contribution is -2.48. The maximum Gasteiger partial charge on any atom is 0.317 e. The van der Waals surface area contributed by atoms with Gasteiger partial charge in [0.2, 0.25) is 0 Å². The number of rotatable bonds is 4. The fourth-order valence-electron chi connectivity index (χ4n) is 4.22. The molecule has 2 amide bonds. The van der Waals surface area contributed by atoms with Crippen LogP contribution in [0.4, 0.5) is 4.79 Å². The summed E-state index contributed by atoms with van der Waals surface area (Å²) in [6.07, 6.45) is 2.27. The summed E-state index contributed by atoms with van der Waals surface area (Å²) in [5.41, 5.74) is 4.45. The van der Waals surface area contributed by atoms with Crippen molar-refractivity contribution in [3.63, 3.8) is 0 Å². The zero-order chi connectivity index (χ0) is 19.5. The van der Waals surface area contributed by atoms with Gasteiger partial charge in [-0.15, -0.1) is 0 Å². The van der Waals surface area contributed by atoms with E-state index in [1.807, 2.05) is 4.90 Å². The van der Waals surface area contributed by atoms with Crippen LogP contribution >= 0.6 is 0 Å². The minimum Gasteiger partial charge on any atom is -0.379 e. The van der Waals surface area contributed by atoms with Crippen LogP contribution in [0, 0.1) is 19.8 Å². The molecule has 0 spiro atoms. The van der Waals surface area contributed by atoms with Gasteiger partial charge in [0.15, 0.2) is 0 Å². The number of nitrogens with one attached hydrogen (secondary N) is 2. The number of morpholine rings is 1. The van der Waals surface area contributed by atoms with Crippen molar-refractivity contribution >= 4 is 17.1 Å². The summed E-state index contributed by atoms with van der Waals surface area (Å²) >= 11 is 0. The lowest BCUT2D eigenvalue weighted by molar-refractivity contribution is 0.0249. The number of piperidine rings is 1. The number of H-pyrrole nitrogens is 1. The third-order valence-corrected chi connectivity index (χ3v) is 5.98. The zero-order valence-corrected chi connectivity index (χ0v) is 17.0. The molecule has 2 fully saturated rings. The molecule has 3 heterocycles. The van der Waals surface area contributed by atoms with Crippen LogP contribution < -0.4 is 5.32 Å². The van der Waals surface area contributed by atoms with Gasteiger partial charge < -0.3 is 19.9 Å². The average Bonchev–Trinajstić information content (AvgIpc) is 3.09. The molecule has 2 aliphatic heterocycles. The zero-order valence-electron chi connectivity index (χ0n) is 17.0. The van der Waals surface area contributed by atoms with Crippen molar-refractivity contribution < 1.29 is 9.53 Å². The first kappa shape index (κ1) is 19.2. The monoisotopic (exact) mass is 385 g/mol. The smallest absolute Gasteiger partial charge is 0.317 e. The lowest BCUT2D eigenvalue weighted by atomic mass is 9.97. The topological polar surface area (TPSA) is 73.5 Å². The second-order valence-electron chi connectivity index (χ2n) is 8.16. The number of carbonyl (C=O) groups excluding carboxylic acids is 1. The van der Waals surface area contributed by atoms with Crippen molar-refractivity contribution in [2.45, 2.75) is 33.2 Å². The first-order valence-corrected chi connectivity index (χ1v) is 10.4.